The van der Waals surface area contributed by atoms with Crippen LogP contribution >= 0.6 is 11.6 Å². The van der Waals surface area contributed by atoms with Crippen molar-refractivity contribution in [2.75, 3.05) is 43.6 Å². The molecule has 6 nitrogen and oxygen atoms in total. The number of aromatic nitrogens is 2. The summed E-state index contributed by atoms with van der Waals surface area (Å²) in [4.78, 5) is 11.2. The van der Waals surface area contributed by atoms with Gasteiger partial charge in [-0.05, 0) is 19.1 Å². The van der Waals surface area contributed by atoms with Gasteiger partial charge in [-0.15, -0.1) is 0 Å². The fraction of sp³-hybridized carbons (Fsp3) is 0.375. The molecule has 7 heteroatoms. The van der Waals surface area contributed by atoms with Crippen molar-refractivity contribution in [3.05, 3.63) is 35.0 Å². The summed E-state index contributed by atoms with van der Waals surface area (Å²) in [5, 5.41) is 3.85. The molecule has 1 saturated heterocycles. The van der Waals surface area contributed by atoms with E-state index in [0.717, 1.165) is 30.2 Å². The molecule has 0 bridgehead atoms. The Hall–Kier alpha value is -2.05. The molecule has 0 aliphatic carbocycles. The molecule has 2 heterocycles. The minimum atomic E-state index is 0.606. The van der Waals surface area contributed by atoms with Gasteiger partial charge in [-0.3, -0.25) is 0 Å². The first-order valence-electron chi connectivity index (χ1n) is 7.44. The predicted octanol–water partition coefficient (Wildman–Crippen LogP) is 3.03. The number of hydrogen-bond donors (Lipinski definition) is 1. The lowest BCUT2D eigenvalue weighted by atomic mass is 10.3. The Balaban J connectivity index is 1.86. The molecule has 122 valence electrons. The van der Waals surface area contributed by atoms with Crippen LogP contribution in [0.5, 0.6) is 5.75 Å². The molecule has 3 rings (SSSR count). The zero-order valence-electron chi connectivity index (χ0n) is 13.2. The smallest absolute Gasteiger partial charge is 0.227 e. The van der Waals surface area contributed by atoms with Crippen LogP contribution in [0.3, 0.4) is 0 Å². The van der Waals surface area contributed by atoms with Crippen LogP contribution in [0.1, 0.15) is 5.69 Å². The molecule has 0 saturated carbocycles. The van der Waals surface area contributed by atoms with E-state index in [1.165, 1.54) is 0 Å². The Morgan fingerprint density at radius 1 is 1.22 bits per heavy atom. The van der Waals surface area contributed by atoms with Crippen molar-refractivity contribution in [2.24, 2.45) is 0 Å². The Bertz CT molecular complexity index is 690. The molecule has 1 aromatic carbocycles. The quantitative estimate of drug-likeness (QED) is 0.927. The number of morpholine rings is 1. The summed E-state index contributed by atoms with van der Waals surface area (Å²) in [5.74, 6) is 2.14. The van der Waals surface area contributed by atoms with Gasteiger partial charge in [-0.1, -0.05) is 11.6 Å². The summed E-state index contributed by atoms with van der Waals surface area (Å²) < 4.78 is 10.6. The molecular weight excluding hydrogens is 316 g/mol. The summed E-state index contributed by atoms with van der Waals surface area (Å²) >= 11 is 6.24. The van der Waals surface area contributed by atoms with Crippen LogP contribution in [0, 0.1) is 6.92 Å². The van der Waals surface area contributed by atoms with Crippen molar-refractivity contribution in [3.8, 4) is 5.75 Å². The summed E-state index contributed by atoms with van der Waals surface area (Å²) in [6.45, 7) is 4.93. The van der Waals surface area contributed by atoms with Crippen molar-refractivity contribution >= 4 is 29.1 Å². The number of rotatable bonds is 4. The van der Waals surface area contributed by atoms with Crippen LogP contribution in [0.2, 0.25) is 5.02 Å². The number of nitrogens with one attached hydrogen (secondary N) is 1. The van der Waals surface area contributed by atoms with Gasteiger partial charge in [0.1, 0.15) is 11.6 Å². The maximum absolute atomic E-state index is 6.24. The van der Waals surface area contributed by atoms with E-state index in [-0.39, 0.29) is 0 Å². The van der Waals surface area contributed by atoms with Gasteiger partial charge in [-0.2, -0.15) is 4.98 Å². The minimum absolute atomic E-state index is 0.606. The molecule has 0 radical (unpaired) electrons. The van der Waals surface area contributed by atoms with Crippen molar-refractivity contribution in [2.45, 2.75) is 6.92 Å². The van der Waals surface area contributed by atoms with Crippen LogP contribution in [0.25, 0.3) is 0 Å². The number of anilines is 3. The third-order valence-electron chi connectivity index (χ3n) is 3.57. The summed E-state index contributed by atoms with van der Waals surface area (Å²) in [7, 11) is 1.62. The Labute approximate surface area is 140 Å². The largest absolute Gasteiger partial charge is 0.497 e. The second-order valence-corrected chi connectivity index (χ2v) is 5.67. The van der Waals surface area contributed by atoms with E-state index < -0.39 is 0 Å². The van der Waals surface area contributed by atoms with Gasteiger partial charge < -0.3 is 19.7 Å². The van der Waals surface area contributed by atoms with E-state index >= 15 is 0 Å². The first kappa shape index (κ1) is 15.8. The summed E-state index contributed by atoms with van der Waals surface area (Å²) in [6.07, 6.45) is 0. The third-order valence-corrected chi connectivity index (χ3v) is 3.90. The molecule has 1 fully saturated rings. The first-order valence-corrected chi connectivity index (χ1v) is 7.82. The highest BCUT2D eigenvalue weighted by Crippen LogP contribution is 2.29. The number of benzene rings is 1. The zero-order valence-corrected chi connectivity index (χ0v) is 13.9. The van der Waals surface area contributed by atoms with Crippen molar-refractivity contribution in [1.82, 2.24) is 9.97 Å². The number of halogens is 1. The molecule has 0 spiro atoms. The summed E-state index contributed by atoms with van der Waals surface area (Å²) in [6, 6.07) is 7.34. The second kappa shape index (κ2) is 7.02. The minimum Gasteiger partial charge on any atom is -0.497 e. The van der Waals surface area contributed by atoms with E-state index in [9.17, 15) is 0 Å². The molecule has 1 N–H and O–H groups in total. The van der Waals surface area contributed by atoms with E-state index in [4.69, 9.17) is 21.1 Å². The summed E-state index contributed by atoms with van der Waals surface area (Å²) in [5.41, 5.74) is 1.64. The fourth-order valence-electron chi connectivity index (χ4n) is 2.39. The average Bonchev–Trinajstić information content (AvgIpc) is 2.57. The predicted molar refractivity (Wildman–Crippen MR) is 91.1 cm³/mol. The van der Waals surface area contributed by atoms with Gasteiger partial charge in [0.15, 0.2) is 0 Å². The highest BCUT2D eigenvalue weighted by Gasteiger charge is 2.15. The van der Waals surface area contributed by atoms with Gasteiger partial charge in [0, 0.05) is 30.9 Å². The monoisotopic (exact) mass is 334 g/mol. The molecule has 1 aliphatic rings. The van der Waals surface area contributed by atoms with Crippen LogP contribution in [-0.2, 0) is 4.74 Å². The molecule has 2 aromatic rings. The third kappa shape index (κ3) is 3.83. The molecular formula is C16H19ClN4O2. The average molecular weight is 335 g/mol. The lowest BCUT2D eigenvalue weighted by molar-refractivity contribution is 0.122. The van der Waals surface area contributed by atoms with E-state index in [2.05, 4.69) is 20.2 Å². The van der Waals surface area contributed by atoms with Gasteiger partial charge in [-0.25, -0.2) is 4.98 Å². The standard InChI is InChI=1S/C16H19ClN4O2/c1-11-9-15(19-14-10-12(22-2)3-4-13(14)17)20-16(18-11)21-5-7-23-8-6-21/h3-4,9-10H,5-8H2,1-2H3,(H,18,19,20). The molecule has 0 amide bonds. The number of methoxy groups -OCH3 is 1. The fourth-order valence-corrected chi connectivity index (χ4v) is 2.55. The lowest BCUT2D eigenvalue weighted by Gasteiger charge is -2.27. The Morgan fingerprint density at radius 3 is 2.74 bits per heavy atom. The maximum atomic E-state index is 6.24. The van der Waals surface area contributed by atoms with Crippen LogP contribution in [0.4, 0.5) is 17.5 Å². The Kier molecular flexibility index (Phi) is 4.83. The maximum Gasteiger partial charge on any atom is 0.227 e. The van der Waals surface area contributed by atoms with E-state index in [1.54, 1.807) is 13.2 Å². The highest BCUT2D eigenvalue weighted by atomic mass is 35.5. The number of hydrogen-bond acceptors (Lipinski definition) is 6. The molecule has 0 atom stereocenters. The van der Waals surface area contributed by atoms with E-state index in [0.29, 0.717) is 30.0 Å². The highest BCUT2D eigenvalue weighted by molar-refractivity contribution is 6.33. The lowest BCUT2D eigenvalue weighted by Crippen LogP contribution is -2.37. The van der Waals surface area contributed by atoms with Crippen molar-refractivity contribution in [3.63, 3.8) is 0 Å². The van der Waals surface area contributed by atoms with Crippen molar-refractivity contribution < 1.29 is 9.47 Å². The SMILES string of the molecule is COc1ccc(Cl)c(Nc2cc(C)nc(N3CCOCC3)n2)c1. The molecule has 1 aliphatic heterocycles. The Morgan fingerprint density at radius 2 is 2.00 bits per heavy atom. The molecule has 1 aromatic heterocycles. The number of ether oxygens (including phenoxy) is 2. The van der Waals surface area contributed by atoms with Crippen molar-refractivity contribution in [1.29, 1.82) is 0 Å². The second-order valence-electron chi connectivity index (χ2n) is 5.26. The number of nitrogens with zero attached hydrogens (tertiary/aromatic N) is 3. The van der Waals surface area contributed by atoms with Crippen LogP contribution in [-0.4, -0.2) is 43.4 Å². The number of aryl methyl sites for hydroxylation is 1. The topological polar surface area (TPSA) is 59.5 Å². The van der Waals surface area contributed by atoms with Crippen LogP contribution in [0.15, 0.2) is 24.3 Å². The van der Waals surface area contributed by atoms with Gasteiger partial charge in [0.2, 0.25) is 5.95 Å². The van der Waals surface area contributed by atoms with Gasteiger partial charge >= 0.3 is 0 Å². The van der Waals surface area contributed by atoms with Crippen LogP contribution < -0.4 is 15.0 Å². The van der Waals surface area contributed by atoms with Gasteiger partial charge in [0.25, 0.3) is 0 Å². The normalized spacial score (nSPS) is 14.7. The van der Waals surface area contributed by atoms with Gasteiger partial charge in [0.05, 0.1) is 31.0 Å². The molecule has 23 heavy (non-hydrogen) atoms. The zero-order chi connectivity index (χ0) is 16.2. The molecule has 0 unspecified atom stereocenters. The first-order chi connectivity index (χ1) is 11.2. The van der Waals surface area contributed by atoms with E-state index in [1.807, 2.05) is 25.1 Å².